The van der Waals surface area contributed by atoms with Gasteiger partial charge in [0, 0.05) is 6.04 Å². The molecule has 0 aliphatic rings. The predicted octanol–water partition coefficient (Wildman–Crippen LogP) is 3.39. The first kappa shape index (κ1) is 14.0. The van der Waals surface area contributed by atoms with Crippen LogP contribution in [0.15, 0.2) is 24.3 Å². The van der Waals surface area contributed by atoms with Gasteiger partial charge in [-0.15, -0.1) is 0 Å². The first-order valence-corrected chi connectivity index (χ1v) is 6.54. The second-order valence-electron chi connectivity index (χ2n) is 4.94. The first-order valence-electron chi connectivity index (χ1n) is 6.54. The Kier molecular flexibility index (Phi) is 6.06. The zero-order valence-corrected chi connectivity index (χ0v) is 11.3. The van der Waals surface area contributed by atoms with Crippen molar-refractivity contribution < 1.29 is 4.74 Å². The lowest BCUT2D eigenvalue weighted by molar-refractivity contribution is 0.414. The lowest BCUT2D eigenvalue weighted by atomic mass is 9.94. The Bertz CT molecular complexity index is 307. The van der Waals surface area contributed by atoms with Crippen molar-refractivity contribution in [3.05, 3.63) is 29.8 Å². The van der Waals surface area contributed by atoms with E-state index in [-0.39, 0.29) is 6.04 Å². The van der Waals surface area contributed by atoms with Crippen LogP contribution >= 0.6 is 0 Å². The Morgan fingerprint density at radius 1 is 1.24 bits per heavy atom. The molecular weight excluding hydrogens is 210 g/mol. The van der Waals surface area contributed by atoms with Gasteiger partial charge in [-0.3, -0.25) is 0 Å². The van der Waals surface area contributed by atoms with E-state index in [4.69, 9.17) is 10.5 Å². The van der Waals surface area contributed by atoms with Gasteiger partial charge in [-0.25, -0.2) is 0 Å². The number of nitrogens with two attached hydrogens (primary N) is 1. The van der Waals surface area contributed by atoms with Crippen molar-refractivity contribution in [3.8, 4) is 5.75 Å². The lowest BCUT2D eigenvalue weighted by Gasteiger charge is -2.16. The quantitative estimate of drug-likeness (QED) is 0.786. The van der Waals surface area contributed by atoms with Crippen molar-refractivity contribution in [3.63, 3.8) is 0 Å². The van der Waals surface area contributed by atoms with E-state index in [1.807, 2.05) is 12.1 Å². The van der Waals surface area contributed by atoms with Crippen LogP contribution in [-0.2, 0) is 6.42 Å². The summed E-state index contributed by atoms with van der Waals surface area (Å²) >= 11 is 0. The summed E-state index contributed by atoms with van der Waals surface area (Å²) in [4.78, 5) is 0. The summed E-state index contributed by atoms with van der Waals surface area (Å²) < 4.78 is 5.14. The zero-order chi connectivity index (χ0) is 12.7. The summed E-state index contributed by atoms with van der Waals surface area (Å²) in [6.07, 6.45) is 4.59. The third-order valence-corrected chi connectivity index (χ3v) is 3.14. The summed E-state index contributed by atoms with van der Waals surface area (Å²) in [5.41, 5.74) is 7.47. The van der Waals surface area contributed by atoms with Crippen LogP contribution in [0.3, 0.4) is 0 Å². The molecule has 2 heteroatoms. The van der Waals surface area contributed by atoms with Gasteiger partial charge in [0.15, 0.2) is 0 Å². The van der Waals surface area contributed by atoms with Crippen LogP contribution in [0.1, 0.15) is 38.7 Å². The molecule has 0 aliphatic heterocycles. The van der Waals surface area contributed by atoms with Crippen LogP contribution in [-0.4, -0.2) is 13.2 Å². The Hall–Kier alpha value is -1.02. The molecule has 2 nitrogen and oxygen atoms in total. The van der Waals surface area contributed by atoms with E-state index < -0.39 is 0 Å². The van der Waals surface area contributed by atoms with Crippen LogP contribution in [0, 0.1) is 5.92 Å². The van der Waals surface area contributed by atoms with Crippen molar-refractivity contribution in [2.24, 2.45) is 11.7 Å². The third-order valence-electron chi connectivity index (χ3n) is 3.14. The number of methoxy groups -OCH3 is 1. The predicted molar refractivity (Wildman–Crippen MR) is 73.4 cm³/mol. The molecule has 0 saturated carbocycles. The normalized spacial score (nSPS) is 14.4. The average Bonchev–Trinajstić information content (AvgIpc) is 2.30. The van der Waals surface area contributed by atoms with Gasteiger partial charge in [0.1, 0.15) is 5.75 Å². The molecule has 0 saturated heterocycles. The van der Waals surface area contributed by atoms with Crippen molar-refractivity contribution in [2.45, 2.75) is 45.6 Å². The maximum Gasteiger partial charge on any atom is 0.118 e. The van der Waals surface area contributed by atoms with Crippen LogP contribution in [0.5, 0.6) is 5.75 Å². The van der Waals surface area contributed by atoms with Crippen molar-refractivity contribution in [1.29, 1.82) is 0 Å². The third kappa shape index (κ3) is 5.22. The highest BCUT2D eigenvalue weighted by atomic mass is 16.5. The number of hydrogen-bond acceptors (Lipinski definition) is 2. The van der Waals surface area contributed by atoms with Crippen LogP contribution < -0.4 is 10.5 Å². The van der Waals surface area contributed by atoms with Gasteiger partial charge in [-0.05, 0) is 36.5 Å². The van der Waals surface area contributed by atoms with Crippen molar-refractivity contribution in [1.82, 2.24) is 0 Å². The summed E-state index contributed by atoms with van der Waals surface area (Å²) in [6.45, 7) is 4.52. The SMILES string of the molecule is CCCC(C)CC(N)Cc1ccc(OC)cc1. The molecule has 0 bridgehead atoms. The maximum atomic E-state index is 6.18. The maximum absolute atomic E-state index is 6.18. The summed E-state index contributed by atoms with van der Waals surface area (Å²) in [7, 11) is 1.69. The average molecular weight is 235 g/mol. The topological polar surface area (TPSA) is 35.2 Å². The van der Waals surface area contributed by atoms with Crippen LogP contribution in [0.4, 0.5) is 0 Å². The molecule has 2 atom stereocenters. The standard InChI is InChI=1S/C15H25NO/c1-4-5-12(2)10-14(16)11-13-6-8-15(17-3)9-7-13/h6-9,12,14H,4-5,10-11,16H2,1-3H3. The second kappa shape index (κ2) is 7.33. The van der Waals surface area contributed by atoms with E-state index in [0.717, 1.165) is 24.5 Å². The molecule has 1 aromatic rings. The molecule has 17 heavy (non-hydrogen) atoms. The molecule has 0 aliphatic carbocycles. The molecule has 0 spiro atoms. The van der Waals surface area contributed by atoms with E-state index in [2.05, 4.69) is 26.0 Å². The molecule has 0 amide bonds. The van der Waals surface area contributed by atoms with E-state index in [9.17, 15) is 0 Å². The lowest BCUT2D eigenvalue weighted by Crippen LogP contribution is -2.25. The monoisotopic (exact) mass is 235 g/mol. The molecule has 0 fully saturated rings. The Morgan fingerprint density at radius 2 is 1.88 bits per heavy atom. The smallest absolute Gasteiger partial charge is 0.118 e. The van der Waals surface area contributed by atoms with E-state index in [0.29, 0.717) is 0 Å². The Labute approximate surface area is 105 Å². The number of hydrogen-bond donors (Lipinski definition) is 1. The van der Waals surface area contributed by atoms with Crippen molar-refractivity contribution in [2.75, 3.05) is 7.11 Å². The highest BCUT2D eigenvalue weighted by Gasteiger charge is 2.09. The fourth-order valence-corrected chi connectivity index (χ4v) is 2.28. The number of ether oxygens (including phenoxy) is 1. The molecule has 2 unspecified atom stereocenters. The van der Waals surface area contributed by atoms with Gasteiger partial charge in [0.25, 0.3) is 0 Å². The molecule has 96 valence electrons. The molecule has 0 radical (unpaired) electrons. The number of benzene rings is 1. The zero-order valence-electron chi connectivity index (χ0n) is 11.3. The fourth-order valence-electron chi connectivity index (χ4n) is 2.28. The van der Waals surface area contributed by atoms with Gasteiger partial charge < -0.3 is 10.5 Å². The minimum atomic E-state index is 0.268. The largest absolute Gasteiger partial charge is 0.497 e. The highest BCUT2D eigenvalue weighted by Crippen LogP contribution is 2.16. The van der Waals surface area contributed by atoms with Crippen LogP contribution in [0.2, 0.25) is 0 Å². The van der Waals surface area contributed by atoms with Gasteiger partial charge in [0.2, 0.25) is 0 Å². The summed E-state index contributed by atoms with van der Waals surface area (Å²) in [5, 5.41) is 0. The Balaban J connectivity index is 2.41. The molecule has 2 N–H and O–H groups in total. The van der Waals surface area contributed by atoms with Crippen molar-refractivity contribution >= 4 is 0 Å². The molecular formula is C15H25NO. The number of rotatable bonds is 7. The molecule has 0 aromatic heterocycles. The highest BCUT2D eigenvalue weighted by molar-refractivity contribution is 5.27. The summed E-state index contributed by atoms with van der Waals surface area (Å²) in [5.74, 6) is 1.63. The molecule has 1 rings (SSSR count). The van der Waals surface area contributed by atoms with E-state index in [1.165, 1.54) is 18.4 Å². The Morgan fingerprint density at radius 3 is 2.41 bits per heavy atom. The van der Waals surface area contributed by atoms with Gasteiger partial charge in [-0.1, -0.05) is 38.8 Å². The minimum Gasteiger partial charge on any atom is -0.497 e. The first-order chi connectivity index (χ1) is 8.15. The van der Waals surface area contributed by atoms with E-state index >= 15 is 0 Å². The summed E-state index contributed by atoms with van der Waals surface area (Å²) in [6, 6.07) is 8.46. The molecule has 0 heterocycles. The minimum absolute atomic E-state index is 0.268. The fraction of sp³-hybridized carbons (Fsp3) is 0.600. The van der Waals surface area contributed by atoms with Gasteiger partial charge in [-0.2, -0.15) is 0 Å². The van der Waals surface area contributed by atoms with Gasteiger partial charge in [0.05, 0.1) is 7.11 Å². The van der Waals surface area contributed by atoms with Gasteiger partial charge >= 0.3 is 0 Å². The van der Waals surface area contributed by atoms with Crippen LogP contribution in [0.25, 0.3) is 0 Å². The van der Waals surface area contributed by atoms with E-state index in [1.54, 1.807) is 7.11 Å². The molecule has 1 aromatic carbocycles. The second-order valence-corrected chi connectivity index (χ2v) is 4.94.